The predicted molar refractivity (Wildman–Crippen MR) is 158 cm³/mol. The summed E-state index contributed by atoms with van der Waals surface area (Å²) in [5.74, 6) is 7.64. The van der Waals surface area contributed by atoms with Crippen LogP contribution in [0.1, 0.15) is 100 Å². The van der Waals surface area contributed by atoms with Gasteiger partial charge in [0, 0.05) is 6.54 Å². The summed E-state index contributed by atoms with van der Waals surface area (Å²) >= 11 is 2.15. The number of hydrogen-bond acceptors (Lipinski definition) is 1. The lowest BCUT2D eigenvalue weighted by Gasteiger charge is -2.21. The minimum Gasteiger partial charge on any atom is -0.304 e. The lowest BCUT2D eigenvalue weighted by atomic mass is 9.98. The van der Waals surface area contributed by atoms with Gasteiger partial charge in [-0.3, -0.25) is 0 Å². The second-order valence-electron chi connectivity index (χ2n) is 8.06. The van der Waals surface area contributed by atoms with E-state index in [4.69, 9.17) is 0 Å². The Morgan fingerprint density at radius 3 is 1.93 bits per heavy atom. The molecule has 0 saturated carbocycles. The maximum atomic E-state index is 4.09. The zero-order chi connectivity index (χ0) is 23.8. The molecule has 0 aliphatic heterocycles. The predicted octanol–water partition coefficient (Wildman–Crippen LogP) is 9.39. The molecule has 0 saturated heterocycles. The molecule has 0 amide bonds. The highest BCUT2D eigenvalue weighted by atomic mass is 127. The molecule has 182 valence electrons. The van der Waals surface area contributed by atoms with Crippen LogP contribution in [0.2, 0.25) is 0 Å². The third-order valence-electron chi connectivity index (χ3n) is 5.34. The van der Waals surface area contributed by atoms with E-state index in [1.54, 1.807) is 5.57 Å². The molecule has 30 heavy (non-hydrogen) atoms. The largest absolute Gasteiger partial charge is 0.304 e. The highest BCUT2D eigenvalue weighted by molar-refractivity contribution is 14.1. The number of allylic oxidation sites excluding steroid dienone is 4. The fourth-order valence-electron chi connectivity index (χ4n) is 2.87. The Kier molecular flexibility index (Phi) is 32.0. The first-order valence-corrected chi connectivity index (χ1v) is 16.2. The van der Waals surface area contributed by atoms with Gasteiger partial charge in [0.15, 0.2) is 0 Å². The molecular formula is C27H56INS. The van der Waals surface area contributed by atoms with Crippen LogP contribution in [0.15, 0.2) is 23.3 Å². The summed E-state index contributed by atoms with van der Waals surface area (Å²) in [6.45, 7) is 21.6. The van der Waals surface area contributed by atoms with E-state index < -0.39 is 0 Å². The molecule has 1 aliphatic carbocycles. The molecule has 0 fully saturated rings. The number of rotatable bonds is 11. The zero-order valence-corrected chi connectivity index (χ0v) is 25.1. The second kappa shape index (κ2) is 27.4. The molecule has 0 aromatic rings. The van der Waals surface area contributed by atoms with Crippen molar-refractivity contribution in [1.29, 1.82) is 0 Å². The Morgan fingerprint density at radius 1 is 0.967 bits per heavy atom. The smallest absolute Gasteiger partial charge is 0.000668 e. The van der Waals surface area contributed by atoms with E-state index in [2.05, 4.69) is 101 Å². The van der Waals surface area contributed by atoms with E-state index in [0.717, 1.165) is 5.92 Å². The summed E-state index contributed by atoms with van der Waals surface area (Å²) in [6, 6.07) is 0. The Balaban J connectivity index is -0.000000350. The van der Waals surface area contributed by atoms with Gasteiger partial charge >= 0.3 is 0 Å². The Hall–Kier alpha value is 0.390. The van der Waals surface area contributed by atoms with Crippen molar-refractivity contribution in [2.24, 2.45) is 5.92 Å². The van der Waals surface area contributed by atoms with Crippen molar-refractivity contribution in [1.82, 2.24) is 4.90 Å². The number of halogens is 1. The zero-order valence-electron chi connectivity index (χ0n) is 22.2. The quantitative estimate of drug-likeness (QED) is 0.140. The maximum Gasteiger partial charge on any atom is 0.000668 e. The van der Waals surface area contributed by atoms with Crippen LogP contribution in [0.4, 0.5) is 0 Å². The highest BCUT2D eigenvalue weighted by Gasteiger charge is 2.03. The molecule has 0 radical (unpaired) electrons. The third-order valence-corrected chi connectivity index (χ3v) is 7.19. The first-order valence-electron chi connectivity index (χ1n) is 12.3. The molecule has 1 rings (SSSR count). The Morgan fingerprint density at radius 2 is 1.57 bits per heavy atom. The van der Waals surface area contributed by atoms with E-state index in [0.29, 0.717) is 10.5 Å². The Bertz CT molecular complexity index is 425. The normalized spacial score (nSPS) is 14.6. The van der Waals surface area contributed by atoms with Crippen molar-refractivity contribution in [2.45, 2.75) is 100 Å². The van der Waals surface area contributed by atoms with Crippen LogP contribution in [0.5, 0.6) is 0 Å². The van der Waals surface area contributed by atoms with E-state index in [-0.39, 0.29) is 0 Å². The van der Waals surface area contributed by atoms with E-state index in [1.807, 2.05) is 4.93 Å². The van der Waals surface area contributed by atoms with Gasteiger partial charge in [0.05, 0.1) is 0 Å². The lowest BCUT2D eigenvalue weighted by Crippen LogP contribution is -2.27. The van der Waals surface area contributed by atoms with Gasteiger partial charge in [0.1, 0.15) is 0 Å². The van der Waals surface area contributed by atoms with Gasteiger partial charge in [0.25, 0.3) is 0 Å². The molecule has 0 spiro atoms. The van der Waals surface area contributed by atoms with Crippen molar-refractivity contribution in [3.8, 4) is 0 Å². The van der Waals surface area contributed by atoms with Crippen molar-refractivity contribution in [3.05, 3.63) is 23.3 Å². The van der Waals surface area contributed by atoms with Crippen LogP contribution in [-0.4, -0.2) is 46.8 Å². The minimum atomic E-state index is 0.480. The monoisotopic (exact) mass is 553 g/mol. The van der Waals surface area contributed by atoms with Crippen LogP contribution in [-0.2, 0) is 0 Å². The van der Waals surface area contributed by atoms with Crippen LogP contribution >= 0.6 is 33.1 Å². The van der Waals surface area contributed by atoms with Crippen molar-refractivity contribution in [2.75, 3.05) is 36.1 Å². The van der Waals surface area contributed by atoms with E-state index >= 15 is 0 Å². The summed E-state index contributed by atoms with van der Waals surface area (Å²) in [6.07, 6.45) is 13.6. The summed E-state index contributed by atoms with van der Waals surface area (Å²) in [7, 11) is 0.480. The molecule has 0 aromatic heterocycles. The molecule has 0 N–H and O–H groups in total. The Labute approximate surface area is 208 Å². The lowest BCUT2D eigenvalue weighted by molar-refractivity contribution is 0.258. The van der Waals surface area contributed by atoms with Crippen molar-refractivity contribution < 1.29 is 0 Å². The number of hydrogen-bond donors (Lipinski definition) is 0. The first kappa shape index (κ1) is 35.0. The van der Waals surface area contributed by atoms with Crippen molar-refractivity contribution >= 4 is 38.9 Å². The SMILES string of the molecule is C=S(CCC)CCCC.CCC(C)CN(CC)CC.CCC1=CC=C(C)CC1.CI. The summed E-state index contributed by atoms with van der Waals surface area (Å²) < 4.78 is 0. The van der Waals surface area contributed by atoms with Gasteiger partial charge < -0.3 is 4.90 Å². The van der Waals surface area contributed by atoms with Crippen molar-refractivity contribution in [3.63, 3.8) is 0 Å². The average Bonchev–Trinajstić information content (AvgIpc) is 2.78. The molecule has 0 bridgehead atoms. The maximum absolute atomic E-state index is 4.09. The fourth-order valence-corrected chi connectivity index (χ4v) is 4.35. The van der Waals surface area contributed by atoms with Crippen LogP contribution in [0.3, 0.4) is 0 Å². The van der Waals surface area contributed by atoms with E-state index in [1.165, 1.54) is 81.7 Å². The van der Waals surface area contributed by atoms with Gasteiger partial charge in [-0.05, 0) is 74.5 Å². The minimum absolute atomic E-state index is 0.480. The fraction of sp³-hybridized carbons (Fsp3) is 0.815. The van der Waals surface area contributed by atoms with E-state index in [9.17, 15) is 0 Å². The molecule has 2 unspecified atom stereocenters. The molecule has 1 nitrogen and oxygen atoms in total. The third kappa shape index (κ3) is 24.7. The van der Waals surface area contributed by atoms with Crippen LogP contribution in [0.25, 0.3) is 0 Å². The highest BCUT2D eigenvalue weighted by Crippen LogP contribution is 2.19. The summed E-state index contributed by atoms with van der Waals surface area (Å²) in [5.41, 5.74) is 3.12. The average molecular weight is 554 g/mol. The molecule has 0 heterocycles. The van der Waals surface area contributed by atoms with Gasteiger partial charge in [-0.25, -0.2) is 0 Å². The van der Waals surface area contributed by atoms with Crippen LogP contribution in [0, 0.1) is 5.92 Å². The first-order chi connectivity index (χ1) is 14.4. The van der Waals surface area contributed by atoms with Gasteiger partial charge in [0.2, 0.25) is 0 Å². The molecule has 1 aliphatic rings. The topological polar surface area (TPSA) is 3.24 Å². The summed E-state index contributed by atoms with van der Waals surface area (Å²) in [4.78, 5) is 4.45. The molecule has 0 aromatic carbocycles. The summed E-state index contributed by atoms with van der Waals surface area (Å²) in [5, 5.41) is 0. The standard InChI is InChI=1S/C9H21N.C9H14.C8H18S.CH3I/c1-5-9(4)8-10(6-2)7-3;1-3-9-6-4-8(2)5-7-9;1-4-6-8-9(3)7-5-2;1-2/h9H,5-8H2,1-4H3;4,6H,3,5,7H2,1-2H3;3-8H2,1-2H3;1H3. The number of nitrogens with zero attached hydrogens (tertiary/aromatic N) is 1. The number of unbranched alkanes of at least 4 members (excludes halogenated alkanes) is 1. The van der Waals surface area contributed by atoms with Gasteiger partial charge in [-0.15, -0.1) is 0 Å². The van der Waals surface area contributed by atoms with Gasteiger partial charge in [-0.1, -0.05) is 113 Å². The molecular weight excluding hydrogens is 497 g/mol. The van der Waals surface area contributed by atoms with Crippen LogP contribution < -0.4 is 0 Å². The number of alkyl halides is 1. The molecule has 3 heteroatoms. The van der Waals surface area contributed by atoms with Gasteiger partial charge in [-0.2, -0.15) is 10.5 Å². The second-order valence-corrected chi connectivity index (χ2v) is 10.1. The molecule has 2 atom stereocenters.